The number of aromatic amines is 1. The van der Waals surface area contributed by atoms with Crippen molar-refractivity contribution in [2.24, 2.45) is 7.05 Å². The summed E-state index contributed by atoms with van der Waals surface area (Å²) in [5, 5.41) is 13.2. The van der Waals surface area contributed by atoms with Crippen molar-refractivity contribution in [1.82, 2.24) is 20.0 Å². The predicted molar refractivity (Wildman–Crippen MR) is 97.8 cm³/mol. The summed E-state index contributed by atoms with van der Waals surface area (Å²) in [5.41, 5.74) is 1.27. The van der Waals surface area contributed by atoms with E-state index in [0.29, 0.717) is 11.3 Å². The van der Waals surface area contributed by atoms with Crippen LogP contribution in [-0.4, -0.2) is 45.1 Å². The molecule has 0 aliphatic heterocycles. The van der Waals surface area contributed by atoms with E-state index in [1.807, 2.05) is 0 Å². The molecule has 11 heteroatoms. The Bertz CT molecular complexity index is 1010. The largest absolute Gasteiger partial charge is 0.462 e. The third kappa shape index (κ3) is 4.57. The minimum absolute atomic E-state index is 0.0138. The van der Waals surface area contributed by atoms with Crippen LogP contribution in [0.2, 0.25) is 0 Å². The van der Waals surface area contributed by atoms with E-state index >= 15 is 0 Å². The summed E-state index contributed by atoms with van der Waals surface area (Å²) in [6.45, 7) is -1.05. The Balaban J connectivity index is 1.75. The number of anilines is 1. The molecule has 3 aromatic rings. The Morgan fingerprint density at radius 1 is 1.28 bits per heavy atom. The van der Waals surface area contributed by atoms with Gasteiger partial charge in [0.2, 0.25) is 0 Å². The van der Waals surface area contributed by atoms with Crippen LogP contribution < -0.4 is 10.1 Å². The fourth-order valence-electron chi connectivity index (χ4n) is 2.51. The molecule has 1 aromatic carbocycles. The zero-order chi connectivity index (χ0) is 21.0. The highest BCUT2D eigenvalue weighted by Crippen LogP contribution is 2.23. The third-order valence-corrected chi connectivity index (χ3v) is 3.86. The van der Waals surface area contributed by atoms with Gasteiger partial charge in [0.15, 0.2) is 0 Å². The van der Waals surface area contributed by atoms with Crippen LogP contribution in [0.25, 0.3) is 11.3 Å². The molecule has 0 atom stereocenters. The van der Waals surface area contributed by atoms with E-state index in [4.69, 9.17) is 4.74 Å². The van der Waals surface area contributed by atoms with Gasteiger partial charge in [0.05, 0.1) is 18.5 Å². The number of aromatic nitrogens is 4. The molecule has 0 unspecified atom stereocenters. The standard InChI is InChI=1S/C18H17F2N5O4/c1-3-28-17(27)12-9-21-25(2)15(12)22-16(26)14-8-13(23-24-14)10-4-6-11(7-5-10)29-18(19)20/h4-9,18H,3H2,1-2H3,(H,22,26)(H,23,24). The summed E-state index contributed by atoms with van der Waals surface area (Å²) >= 11 is 0. The first-order valence-electron chi connectivity index (χ1n) is 8.50. The number of rotatable bonds is 7. The first kappa shape index (κ1) is 20.0. The minimum Gasteiger partial charge on any atom is -0.462 e. The number of nitrogens with zero attached hydrogens (tertiary/aromatic N) is 3. The number of hydrogen-bond donors (Lipinski definition) is 2. The van der Waals surface area contributed by atoms with Crippen molar-refractivity contribution in [2.75, 3.05) is 11.9 Å². The lowest BCUT2D eigenvalue weighted by Crippen LogP contribution is -2.18. The third-order valence-electron chi connectivity index (χ3n) is 3.86. The van der Waals surface area contributed by atoms with Crippen LogP contribution in [0.1, 0.15) is 27.8 Å². The summed E-state index contributed by atoms with van der Waals surface area (Å²) in [5.74, 6) is -0.957. The summed E-state index contributed by atoms with van der Waals surface area (Å²) in [6, 6.07) is 7.30. The Morgan fingerprint density at radius 2 is 2.00 bits per heavy atom. The fraction of sp³-hybridized carbons (Fsp3) is 0.222. The number of nitrogens with one attached hydrogen (secondary N) is 2. The fourth-order valence-corrected chi connectivity index (χ4v) is 2.51. The summed E-state index contributed by atoms with van der Waals surface area (Å²) in [6.07, 6.45) is 1.30. The maximum atomic E-state index is 12.5. The Kier molecular flexibility index (Phi) is 5.86. The second kappa shape index (κ2) is 8.50. The lowest BCUT2D eigenvalue weighted by atomic mass is 10.1. The van der Waals surface area contributed by atoms with E-state index in [-0.39, 0.29) is 29.4 Å². The van der Waals surface area contributed by atoms with Crippen molar-refractivity contribution in [3.63, 3.8) is 0 Å². The van der Waals surface area contributed by atoms with Gasteiger partial charge in [0.1, 0.15) is 22.8 Å². The molecule has 0 aliphatic carbocycles. The van der Waals surface area contributed by atoms with E-state index in [1.165, 1.54) is 41.2 Å². The molecule has 0 saturated carbocycles. The monoisotopic (exact) mass is 405 g/mol. The molecule has 0 bridgehead atoms. The highest BCUT2D eigenvalue weighted by molar-refractivity contribution is 6.06. The molecule has 2 heterocycles. The van der Waals surface area contributed by atoms with E-state index in [1.54, 1.807) is 14.0 Å². The average molecular weight is 405 g/mol. The molecule has 0 aliphatic rings. The molecule has 0 fully saturated rings. The van der Waals surface area contributed by atoms with E-state index in [9.17, 15) is 18.4 Å². The maximum absolute atomic E-state index is 12.5. The molecule has 1 amide bonds. The SMILES string of the molecule is CCOC(=O)c1cnn(C)c1NC(=O)c1cc(-c2ccc(OC(F)F)cc2)n[nH]1. The Hall–Kier alpha value is -3.76. The van der Waals surface area contributed by atoms with Gasteiger partial charge in [-0.3, -0.25) is 14.6 Å². The van der Waals surface area contributed by atoms with Gasteiger partial charge in [0.25, 0.3) is 5.91 Å². The van der Waals surface area contributed by atoms with Crippen LogP contribution in [0.5, 0.6) is 5.75 Å². The van der Waals surface area contributed by atoms with Crippen molar-refractivity contribution < 1.29 is 27.8 Å². The summed E-state index contributed by atoms with van der Waals surface area (Å²) in [7, 11) is 1.57. The summed E-state index contributed by atoms with van der Waals surface area (Å²) in [4.78, 5) is 24.5. The molecule has 9 nitrogen and oxygen atoms in total. The normalized spacial score (nSPS) is 10.8. The average Bonchev–Trinajstić information content (AvgIpc) is 3.30. The lowest BCUT2D eigenvalue weighted by molar-refractivity contribution is -0.0498. The first-order valence-corrected chi connectivity index (χ1v) is 8.50. The predicted octanol–water partition coefficient (Wildman–Crippen LogP) is 2.84. The van der Waals surface area contributed by atoms with Gasteiger partial charge in [-0.1, -0.05) is 0 Å². The molecule has 3 rings (SSSR count). The van der Waals surface area contributed by atoms with Gasteiger partial charge in [0, 0.05) is 12.6 Å². The van der Waals surface area contributed by atoms with Gasteiger partial charge in [-0.15, -0.1) is 0 Å². The van der Waals surface area contributed by atoms with Crippen LogP contribution in [0.15, 0.2) is 36.5 Å². The van der Waals surface area contributed by atoms with Gasteiger partial charge in [-0.25, -0.2) is 4.79 Å². The molecule has 0 radical (unpaired) electrons. The number of H-pyrrole nitrogens is 1. The lowest BCUT2D eigenvalue weighted by Gasteiger charge is -2.07. The van der Waals surface area contributed by atoms with Gasteiger partial charge < -0.3 is 14.8 Å². The number of carbonyl (C=O) groups excluding carboxylic acids is 2. The number of esters is 1. The number of hydrogen-bond acceptors (Lipinski definition) is 6. The second-order valence-corrected chi connectivity index (χ2v) is 5.77. The zero-order valence-corrected chi connectivity index (χ0v) is 15.5. The number of aryl methyl sites for hydroxylation is 1. The number of carbonyl (C=O) groups is 2. The topological polar surface area (TPSA) is 111 Å². The van der Waals surface area contributed by atoms with E-state index in [2.05, 4.69) is 25.3 Å². The van der Waals surface area contributed by atoms with Crippen molar-refractivity contribution >= 4 is 17.7 Å². The number of halogens is 2. The zero-order valence-electron chi connectivity index (χ0n) is 15.5. The Labute approximate surface area is 163 Å². The van der Waals surface area contributed by atoms with Crippen LogP contribution in [0.4, 0.5) is 14.6 Å². The quantitative estimate of drug-likeness (QED) is 0.585. The number of benzene rings is 1. The van der Waals surface area contributed by atoms with Crippen LogP contribution in [0.3, 0.4) is 0 Å². The van der Waals surface area contributed by atoms with Crippen LogP contribution in [-0.2, 0) is 11.8 Å². The smallest absolute Gasteiger partial charge is 0.387 e. The van der Waals surface area contributed by atoms with Crippen molar-refractivity contribution in [3.8, 4) is 17.0 Å². The van der Waals surface area contributed by atoms with Gasteiger partial charge in [-0.05, 0) is 37.3 Å². The first-order chi connectivity index (χ1) is 13.9. The number of ether oxygens (including phenoxy) is 2. The molecular weight excluding hydrogens is 388 g/mol. The minimum atomic E-state index is -2.91. The van der Waals surface area contributed by atoms with Crippen molar-refractivity contribution in [3.05, 3.63) is 47.8 Å². The number of amides is 1. The Morgan fingerprint density at radius 3 is 2.66 bits per heavy atom. The number of alkyl halides is 2. The van der Waals surface area contributed by atoms with E-state index < -0.39 is 18.5 Å². The van der Waals surface area contributed by atoms with Crippen molar-refractivity contribution in [2.45, 2.75) is 13.5 Å². The van der Waals surface area contributed by atoms with Crippen molar-refractivity contribution in [1.29, 1.82) is 0 Å². The van der Waals surface area contributed by atoms with Crippen LogP contribution >= 0.6 is 0 Å². The van der Waals surface area contributed by atoms with E-state index in [0.717, 1.165) is 0 Å². The maximum Gasteiger partial charge on any atom is 0.387 e. The molecule has 29 heavy (non-hydrogen) atoms. The molecule has 0 saturated heterocycles. The second-order valence-electron chi connectivity index (χ2n) is 5.77. The molecule has 2 N–H and O–H groups in total. The highest BCUT2D eigenvalue weighted by atomic mass is 19.3. The highest BCUT2D eigenvalue weighted by Gasteiger charge is 2.21. The molecular formula is C18H17F2N5O4. The van der Waals surface area contributed by atoms with Crippen LogP contribution in [0, 0.1) is 0 Å². The molecule has 152 valence electrons. The molecule has 0 spiro atoms. The van der Waals surface area contributed by atoms with Gasteiger partial charge >= 0.3 is 12.6 Å². The summed E-state index contributed by atoms with van der Waals surface area (Å²) < 4.78 is 35.0. The molecule has 2 aromatic heterocycles. The van der Waals surface area contributed by atoms with Gasteiger partial charge in [-0.2, -0.15) is 19.0 Å².